The van der Waals surface area contributed by atoms with Crippen LogP contribution in [0.5, 0.6) is 0 Å². The molecule has 1 amide bonds. The van der Waals surface area contributed by atoms with Crippen LogP contribution in [0.4, 0.5) is 18.9 Å². The molecule has 1 aromatic heterocycles. The number of anilines is 1. The van der Waals surface area contributed by atoms with Gasteiger partial charge in [0.25, 0.3) is 5.91 Å². The smallest absolute Gasteiger partial charge is 0.376 e. The molecule has 0 fully saturated rings. The number of benzene rings is 2. The van der Waals surface area contributed by atoms with Crippen molar-refractivity contribution in [1.29, 1.82) is 0 Å². The maximum Gasteiger partial charge on any atom is 0.405 e. The lowest BCUT2D eigenvalue weighted by Crippen LogP contribution is -2.33. The molecule has 0 bridgehead atoms. The van der Waals surface area contributed by atoms with Crippen LogP contribution in [0.15, 0.2) is 47.0 Å². The predicted molar refractivity (Wildman–Crippen MR) is 101 cm³/mol. The molecule has 6 nitrogen and oxygen atoms in total. The van der Waals surface area contributed by atoms with E-state index in [9.17, 15) is 18.0 Å². The summed E-state index contributed by atoms with van der Waals surface area (Å²) in [5.74, 6) is 0.0106. The molecule has 0 radical (unpaired) electrons. The number of hydrogen-bond donors (Lipinski definition) is 2. The van der Waals surface area contributed by atoms with Gasteiger partial charge < -0.3 is 15.2 Å². The molecule has 0 saturated heterocycles. The van der Waals surface area contributed by atoms with Crippen molar-refractivity contribution in [1.82, 2.24) is 15.5 Å². The first kappa shape index (κ1) is 20.4. The molecular weight excluding hydrogens is 385 g/mol. The van der Waals surface area contributed by atoms with Crippen LogP contribution >= 0.6 is 0 Å². The lowest BCUT2D eigenvalue weighted by atomic mass is 10.1. The van der Waals surface area contributed by atoms with Gasteiger partial charge in [-0.25, -0.2) is 0 Å². The zero-order valence-electron chi connectivity index (χ0n) is 15.8. The molecule has 0 spiro atoms. The molecule has 2 N–H and O–H groups in total. The second-order valence-electron chi connectivity index (χ2n) is 6.51. The average Bonchev–Trinajstić information content (AvgIpc) is 3.14. The zero-order chi connectivity index (χ0) is 21.0. The van der Waals surface area contributed by atoms with Gasteiger partial charge in [0, 0.05) is 16.8 Å². The molecule has 3 aromatic rings. The Morgan fingerprint density at radius 3 is 2.59 bits per heavy atom. The minimum Gasteiger partial charge on any atom is -0.376 e. The van der Waals surface area contributed by atoms with Gasteiger partial charge in [0.1, 0.15) is 6.54 Å². The number of carbonyl (C=O) groups excluding carboxylic acids is 1. The van der Waals surface area contributed by atoms with Crippen molar-refractivity contribution in [3.8, 4) is 11.4 Å². The Labute approximate surface area is 165 Å². The van der Waals surface area contributed by atoms with Gasteiger partial charge in [-0.05, 0) is 37.1 Å². The highest BCUT2D eigenvalue weighted by Crippen LogP contribution is 2.21. The van der Waals surface area contributed by atoms with Crippen molar-refractivity contribution < 1.29 is 22.5 Å². The van der Waals surface area contributed by atoms with Crippen molar-refractivity contribution in [3.63, 3.8) is 0 Å². The monoisotopic (exact) mass is 404 g/mol. The van der Waals surface area contributed by atoms with Crippen LogP contribution < -0.4 is 10.6 Å². The van der Waals surface area contributed by atoms with Gasteiger partial charge in [0.05, 0.1) is 6.54 Å². The van der Waals surface area contributed by atoms with Gasteiger partial charge in [-0.15, -0.1) is 0 Å². The summed E-state index contributed by atoms with van der Waals surface area (Å²) in [6.07, 6.45) is -4.46. The lowest BCUT2D eigenvalue weighted by Gasteiger charge is -2.11. The Bertz CT molecular complexity index is 1010. The predicted octanol–water partition coefficient (Wildman–Crippen LogP) is 4.26. The quantitative estimate of drug-likeness (QED) is 0.642. The minimum atomic E-state index is -4.46. The third-order valence-corrected chi connectivity index (χ3v) is 4.23. The third kappa shape index (κ3) is 5.34. The van der Waals surface area contributed by atoms with Gasteiger partial charge in [-0.2, -0.15) is 18.2 Å². The highest BCUT2D eigenvalue weighted by atomic mass is 19.4. The number of nitrogens with one attached hydrogen (secondary N) is 2. The highest BCUT2D eigenvalue weighted by molar-refractivity contribution is 5.95. The number of amides is 1. The van der Waals surface area contributed by atoms with Crippen molar-refractivity contribution in [2.45, 2.75) is 26.6 Å². The van der Waals surface area contributed by atoms with E-state index in [1.54, 1.807) is 6.07 Å². The summed E-state index contributed by atoms with van der Waals surface area (Å²) in [4.78, 5) is 16.3. The van der Waals surface area contributed by atoms with E-state index >= 15 is 0 Å². The zero-order valence-corrected chi connectivity index (χ0v) is 15.8. The first-order valence-electron chi connectivity index (χ1n) is 8.81. The molecule has 0 unspecified atom stereocenters. The van der Waals surface area contributed by atoms with Gasteiger partial charge >= 0.3 is 6.18 Å². The highest BCUT2D eigenvalue weighted by Gasteiger charge is 2.28. The maximum atomic E-state index is 12.3. The van der Waals surface area contributed by atoms with Gasteiger partial charge in [-0.1, -0.05) is 35.5 Å². The number of rotatable bonds is 6. The van der Waals surface area contributed by atoms with Crippen molar-refractivity contribution >= 4 is 11.6 Å². The molecule has 0 aliphatic heterocycles. The van der Waals surface area contributed by atoms with E-state index in [2.05, 4.69) is 15.5 Å². The number of carbonyl (C=O) groups is 1. The molecule has 0 saturated carbocycles. The summed E-state index contributed by atoms with van der Waals surface area (Å²) < 4.78 is 42.1. The van der Waals surface area contributed by atoms with E-state index in [1.165, 1.54) is 12.1 Å². The average molecular weight is 404 g/mol. The van der Waals surface area contributed by atoms with E-state index in [4.69, 9.17) is 4.52 Å². The van der Waals surface area contributed by atoms with Crippen LogP contribution in [0.3, 0.4) is 0 Å². The van der Waals surface area contributed by atoms with Crippen LogP contribution in [0, 0.1) is 13.8 Å². The fourth-order valence-corrected chi connectivity index (χ4v) is 2.67. The Morgan fingerprint density at radius 1 is 1.10 bits per heavy atom. The number of aromatic nitrogens is 2. The van der Waals surface area contributed by atoms with Gasteiger partial charge in [-0.3, -0.25) is 4.79 Å². The van der Waals surface area contributed by atoms with E-state index in [1.807, 2.05) is 43.4 Å². The second-order valence-corrected chi connectivity index (χ2v) is 6.51. The normalized spacial score (nSPS) is 11.3. The molecule has 152 valence electrons. The Balaban J connectivity index is 1.68. The summed E-state index contributed by atoms with van der Waals surface area (Å²) in [5, 5.41) is 8.91. The molecule has 1 heterocycles. The van der Waals surface area contributed by atoms with E-state index < -0.39 is 18.6 Å². The molecule has 0 aliphatic carbocycles. The topological polar surface area (TPSA) is 80.0 Å². The van der Waals surface area contributed by atoms with Gasteiger partial charge in [0.15, 0.2) is 0 Å². The first-order valence-corrected chi connectivity index (χ1v) is 8.81. The minimum absolute atomic E-state index is 0.119. The molecule has 9 heteroatoms. The largest absolute Gasteiger partial charge is 0.405 e. The van der Waals surface area contributed by atoms with Gasteiger partial charge in [0.2, 0.25) is 11.7 Å². The summed E-state index contributed by atoms with van der Waals surface area (Å²) >= 11 is 0. The standard InChI is InChI=1S/C20H19F3N4O2/c1-12-5-3-4-6-15(12)18-26-17(29-27-18)10-24-16-9-14(8-7-13(16)2)19(28)25-11-20(21,22)23/h3-9,24H,10-11H2,1-2H3,(H,25,28). The lowest BCUT2D eigenvalue weighted by molar-refractivity contribution is -0.123. The summed E-state index contributed by atoms with van der Waals surface area (Å²) in [5.41, 5.74) is 3.40. The molecule has 2 aromatic carbocycles. The fourth-order valence-electron chi connectivity index (χ4n) is 2.67. The molecule has 29 heavy (non-hydrogen) atoms. The summed E-state index contributed by atoms with van der Waals surface area (Å²) in [6, 6.07) is 12.2. The fraction of sp³-hybridized carbons (Fsp3) is 0.250. The molecule has 3 rings (SSSR count). The molecule has 0 aliphatic rings. The maximum absolute atomic E-state index is 12.3. The van der Waals surface area contributed by atoms with E-state index in [0.717, 1.165) is 16.7 Å². The number of alkyl halides is 3. The molecular formula is C20H19F3N4O2. The summed E-state index contributed by atoms with van der Waals surface area (Å²) in [7, 11) is 0. The first-order chi connectivity index (χ1) is 13.7. The number of hydrogen-bond acceptors (Lipinski definition) is 5. The third-order valence-electron chi connectivity index (χ3n) is 4.23. The number of nitrogens with zero attached hydrogens (tertiary/aromatic N) is 2. The van der Waals surface area contributed by atoms with Crippen molar-refractivity contribution in [2.24, 2.45) is 0 Å². The van der Waals surface area contributed by atoms with E-state index in [-0.39, 0.29) is 12.1 Å². The Hall–Kier alpha value is -3.36. The van der Waals surface area contributed by atoms with Crippen molar-refractivity contribution in [2.75, 3.05) is 11.9 Å². The Morgan fingerprint density at radius 2 is 1.86 bits per heavy atom. The van der Waals surface area contributed by atoms with E-state index in [0.29, 0.717) is 17.4 Å². The SMILES string of the molecule is Cc1ccc(C(=O)NCC(F)(F)F)cc1NCc1nc(-c2ccccc2C)no1. The number of halogens is 3. The van der Waals surface area contributed by atoms with Crippen LogP contribution in [0.25, 0.3) is 11.4 Å². The molecule has 0 atom stereocenters. The van der Waals surface area contributed by atoms with Crippen LogP contribution in [-0.2, 0) is 6.54 Å². The van der Waals surface area contributed by atoms with Crippen molar-refractivity contribution in [3.05, 3.63) is 65.0 Å². The van der Waals surface area contributed by atoms with Crippen LogP contribution in [-0.4, -0.2) is 28.8 Å². The number of aryl methyl sites for hydroxylation is 2. The van der Waals surface area contributed by atoms with Crippen LogP contribution in [0.2, 0.25) is 0 Å². The Kier molecular flexibility index (Phi) is 5.86. The summed E-state index contributed by atoms with van der Waals surface area (Å²) in [6.45, 7) is 2.58. The van der Waals surface area contributed by atoms with Crippen LogP contribution in [0.1, 0.15) is 27.4 Å². The second kappa shape index (κ2) is 8.34.